The van der Waals surface area contributed by atoms with Gasteiger partial charge in [-0.15, -0.1) is 6.58 Å². The van der Waals surface area contributed by atoms with Gasteiger partial charge in [-0.3, -0.25) is 4.90 Å². The molecular weight excluding hydrogens is 757 g/mol. The number of allylic oxidation sites excluding steroid dienone is 1. The van der Waals surface area contributed by atoms with Crippen molar-refractivity contribution < 1.29 is 38.8 Å². The third-order valence-electron chi connectivity index (χ3n) is 12.2. The first kappa shape index (κ1) is 49.3. The van der Waals surface area contributed by atoms with Crippen molar-refractivity contribution in [3.63, 3.8) is 0 Å². The van der Waals surface area contributed by atoms with Gasteiger partial charge < -0.3 is 34.0 Å². The Kier molecular flexibility index (Phi) is 21.0. The van der Waals surface area contributed by atoms with E-state index in [1.54, 1.807) is 12.2 Å². The van der Waals surface area contributed by atoms with Crippen LogP contribution in [0.2, 0.25) is 0 Å². The van der Waals surface area contributed by atoms with Gasteiger partial charge in [0.15, 0.2) is 0 Å². The maximum absolute atomic E-state index is 14.5. The summed E-state index contributed by atoms with van der Waals surface area (Å²) < 4.78 is 26.7. The first-order chi connectivity index (χ1) is 29.1. The van der Waals surface area contributed by atoms with Crippen molar-refractivity contribution in [2.45, 2.75) is 174 Å². The summed E-state index contributed by atoms with van der Waals surface area (Å²) in [5.74, 6) is -0.153. The van der Waals surface area contributed by atoms with Gasteiger partial charge in [-0.05, 0) is 94.9 Å². The third-order valence-corrected chi connectivity index (χ3v) is 12.2. The number of rotatable bonds is 29. The summed E-state index contributed by atoms with van der Waals surface area (Å²) in [4.78, 5) is 22.6. The Morgan fingerprint density at radius 3 is 2.20 bits per heavy atom. The molecule has 6 unspecified atom stereocenters. The second kappa shape index (κ2) is 25.6. The maximum atomic E-state index is 14.5. The molecule has 0 spiro atoms. The van der Waals surface area contributed by atoms with E-state index in [2.05, 4.69) is 39.1 Å². The summed E-state index contributed by atoms with van der Waals surface area (Å²) >= 11 is 0. The molecule has 10 heteroatoms. The molecule has 0 radical (unpaired) electrons. The van der Waals surface area contributed by atoms with Gasteiger partial charge in [-0.2, -0.15) is 0 Å². The molecular formula is C50H80N2O8. The maximum Gasteiger partial charge on any atom is 0.410 e. The summed E-state index contributed by atoms with van der Waals surface area (Å²) in [6, 6.07) is 5.39. The predicted octanol–water partition coefficient (Wildman–Crippen LogP) is 11.5. The molecule has 1 aliphatic heterocycles. The van der Waals surface area contributed by atoms with E-state index in [4.69, 9.17) is 28.9 Å². The van der Waals surface area contributed by atoms with E-state index in [9.17, 15) is 15.0 Å². The molecule has 60 heavy (non-hydrogen) atoms. The van der Waals surface area contributed by atoms with Crippen LogP contribution >= 0.6 is 0 Å². The molecule has 1 saturated carbocycles. The monoisotopic (exact) mass is 837 g/mol. The van der Waals surface area contributed by atoms with E-state index < -0.39 is 17.4 Å². The molecule has 1 heterocycles. The predicted molar refractivity (Wildman–Crippen MR) is 242 cm³/mol. The highest BCUT2D eigenvalue weighted by Crippen LogP contribution is 2.62. The number of benzene rings is 1. The van der Waals surface area contributed by atoms with Crippen LogP contribution in [0.1, 0.15) is 162 Å². The smallest absolute Gasteiger partial charge is 0.410 e. The average molecular weight is 837 g/mol. The fourth-order valence-corrected chi connectivity index (χ4v) is 9.53. The molecule has 6 atom stereocenters. The van der Waals surface area contributed by atoms with E-state index in [0.717, 1.165) is 67.5 Å². The molecule has 2 aliphatic carbocycles. The molecule has 2 N–H and O–H groups in total. The summed E-state index contributed by atoms with van der Waals surface area (Å²) in [7, 11) is 0. The molecule has 4 rings (SSSR count). The largest absolute Gasteiger partial charge is 0.490 e. The lowest BCUT2D eigenvalue weighted by molar-refractivity contribution is -0.255. The van der Waals surface area contributed by atoms with Crippen molar-refractivity contribution >= 4 is 11.8 Å². The van der Waals surface area contributed by atoms with Gasteiger partial charge in [0.2, 0.25) is 5.79 Å². The van der Waals surface area contributed by atoms with Crippen LogP contribution in [-0.2, 0) is 14.3 Å². The summed E-state index contributed by atoms with van der Waals surface area (Å²) in [6.07, 6.45) is 23.4. The topological polar surface area (TPSA) is 119 Å². The standard InChI is InChI=1S/C50H80N2O8/c1-8-12-13-14-15-16-17-18-19-24-34-57-48(55)52(29-9-2)45-37-43(51-60-49(5,6)7)41-35-38(25-20-22-30-53)40(26-21-23-31-54)46-42-36-39(56-32-10-3)27-28-44(42)59-50(45,47(41)46)58-33-11-4/h10-11,27-28,35-36,38,40,45-47,53-54H,3-4,8-9,12-26,29-34,37H2,1-2,5-7H3. The Morgan fingerprint density at radius 2 is 1.57 bits per heavy atom. The van der Waals surface area contributed by atoms with Gasteiger partial charge in [0.05, 0.1) is 24.8 Å². The fraction of sp³-hybridized carbons (Fsp3) is 0.720. The number of fused-ring (bicyclic) bond motifs is 2. The lowest BCUT2D eigenvalue weighted by Gasteiger charge is -2.60. The number of amides is 1. The quantitative estimate of drug-likeness (QED) is 0.0465. The lowest BCUT2D eigenvalue weighted by Crippen LogP contribution is -2.70. The normalized spacial score (nSPS) is 23.8. The number of carbonyl (C=O) groups excluding carboxylic acids is 1. The number of carbonyl (C=O) groups is 1. The minimum absolute atomic E-state index is 0.124. The molecule has 0 bridgehead atoms. The molecule has 1 amide bonds. The van der Waals surface area contributed by atoms with Gasteiger partial charge in [0.1, 0.15) is 29.7 Å². The number of ether oxygens (including phenoxy) is 4. The number of hydrogen-bond acceptors (Lipinski definition) is 9. The van der Waals surface area contributed by atoms with Crippen LogP contribution in [0.25, 0.3) is 0 Å². The molecule has 10 nitrogen and oxygen atoms in total. The highest BCUT2D eigenvalue weighted by molar-refractivity contribution is 6.03. The third kappa shape index (κ3) is 13.6. The second-order valence-electron chi connectivity index (χ2n) is 18.1. The van der Waals surface area contributed by atoms with Crippen molar-refractivity contribution in [3.8, 4) is 11.5 Å². The van der Waals surface area contributed by atoms with Crippen molar-refractivity contribution in [2.75, 3.05) is 39.6 Å². The van der Waals surface area contributed by atoms with Crippen molar-refractivity contribution in [1.82, 2.24) is 4.90 Å². The van der Waals surface area contributed by atoms with Crippen LogP contribution < -0.4 is 9.47 Å². The van der Waals surface area contributed by atoms with E-state index in [1.165, 1.54) is 44.9 Å². The van der Waals surface area contributed by atoms with Crippen molar-refractivity contribution in [2.24, 2.45) is 22.9 Å². The minimum Gasteiger partial charge on any atom is -0.490 e. The van der Waals surface area contributed by atoms with Crippen LogP contribution in [-0.4, -0.2) is 83.9 Å². The zero-order valence-electron chi connectivity index (χ0n) is 38.0. The van der Waals surface area contributed by atoms with Crippen molar-refractivity contribution in [3.05, 3.63) is 60.7 Å². The van der Waals surface area contributed by atoms with E-state index in [-0.39, 0.29) is 49.6 Å². The van der Waals surface area contributed by atoms with Crippen LogP contribution in [0, 0.1) is 17.8 Å². The van der Waals surface area contributed by atoms with Gasteiger partial charge in [-0.1, -0.05) is 114 Å². The second-order valence-corrected chi connectivity index (χ2v) is 18.1. The van der Waals surface area contributed by atoms with Gasteiger partial charge in [-0.25, -0.2) is 4.79 Å². The molecule has 1 aromatic carbocycles. The first-order valence-electron chi connectivity index (χ1n) is 23.5. The zero-order chi connectivity index (χ0) is 43.4. The lowest BCUT2D eigenvalue weighted by atomic mass is 9.55. The van der Waals surface area contributed by atoms with Gasteiger partial charge in [0, 0.05) is 37.7 Å². The minimum atomic E-state index is -1.32. The number of aliphatic hydroxyl groups is 2. The Bertz CT molecular complexity index is 1520. The van der Waals surface area contributed by atoms with Crippen LogP contribution in [0.3, 0.4) is 0 Å². The molecule has 0 saturated heterocycles. The number of oxime groups is 1. The van der Waals surface area contributed by atoms with Crippen LogP contribution in [0.5, 0.6) is 11.5 Å². The van der Waals surface area contributed by atoms with Crippen LogP contribution in [0.15, 0.2) is 60.3 Å². The zero-order valence-corrected chi connectivity index (χ0v) is 38.0. The Morgan fingerprint density at radius 1 is 0.900 bits per heavy atom. The molecule has 1 fully saturated rings. The number of unbranched alkanes of at least 4 members (excludes halogenated alkanes) is 11. The van der Waals surface area contributed by atoms with E-state index in [0.29, 0.717) is 51.2 Å². The SMILES string of the molecule is C=CCOc1ccc2c(c1)C1C(CCCCO)C(CCCCO)C=C3C(=NOC(C)(C)C)CC(N(CCC)C(=O)OCCCCCCCCCCCC)C(OCC=C)(O2)C31. The molecule has 338 valence electrons. The van der Waals surface area contributed by atoms with Crippen molar-refractivity contribution in [1.29, 1.82) is 0 Å². The fourth-order valence-electron chi connectivity index (χ4n) is 9.53. The molecule has 1 aromatic rings. The first-order valence-corrected chi connectivity index (χ1v) is 23.5. The van der Waals surface area contributed by atoms with E-state index in [1.807, 2.05) is 37.8 Å². The highest BCUT2D eigenvalue weighted by Gasteiger charge is 2.65. The molecule has 0 aromatic heterocycles. The van der Waals surface area contributed by atoms with Crippen LogP contribution in [0.4, 0.5) is 4.79 Å². The number of nitrogens with zero attached hydrogens (tertiary/aromatic N) is 2. The Balaban J connectivity index is 1.81. The number of aliphatic hydroxyl groups excluding tert-OH is 2. The summed E-state index contributed by atoms with van der Waals surface area (Å²) in [5.41, 5.74) is 2.25. The Hall–Kier alpha value is -3.34. The summed E-state index contributed by atoms with van der Waals surface area (Å²) in [5, 5.41) is 24.7. The highest BCUT2D eigenvalue weighted by atomic mass is 16.7. The van der Waals surface area contributed by atoms with E-state index >= 15 is 0 Å². The Labute approximate surface area is 362 Å². The summed E-state index contributed by atoms with van der Waals surface area (Å²) in [6.45, 7) is 19.8. The van der Waals surface area contributed by atoms with Gasteiger partial charge >= 0.3 is 6.09 Å². The van der Waals surface area contributed by atoms with Gasteiger partial charge in [0.25, 0.3) is 0 Å². The molecule has 3 aliphatic rings. The number of hydrogen-bond donors (Lipinski definition) is 2. The average Bonchev–Trinajstić information content (AvgIpc) is 3.23.